The van der Waals surface area contributed by atoms with Crippen LogP contribution < -0.4 is 10.1 Å². The van der Waals surface area contributed by atoms with Gasteiger partial charge in [-0.1, -0.05) is 38.8 Å². The Morgan fingerprint density at radius 1 is 1.25 bits per heavy atom. The Hall–Kier alpha value is -1.06. The Balaban J connectivity index is 2.65. The third-order valence-corrected chi connectivity index (χ3v) is 4.08. The van der Waals surface area contributed by atoms with E-state index in [9.17, 15) is 5.11 Å². The Bertz CT molecular complexity index is 402. The molecule has 0 radical (unpaired) electrons. The van der Waals surface area contributed by atoms with Gasteiger partial charge in [-0.15, -0.1) is 0 Å². The molecule has 0 aromatic heterocycles. The maximum atomic E-state index is 10.2. The molecule has 2 N–H and O–H groups in total. The highest BCUT2D eigenvalue weighted by atomic mass is 16.5. The van der Waals surface area contributed by atoms with Gasteiger partial charge in [-0.3, -0.25) is 0 Å². The Morgan fingerprint density at radius 3 is 2.45 bits per heavy atom. The lowest BCUT2D eigenvalue weighted by Gasteiger charge is -2.24. The molecule has 1 aromatic carbocycles. The van der Waals surface area contributed by atoms with E-state index >= 15 is 0 Å². The van der Waals surface area contributed by atoms with Crippen LogP contribution in [0.3, 0.4) is 0 Å². The number of nitrogens with one attached hydrogen (secondary N) is 1. The largest absolute Gasteiger partial charge is 0.496 e. The van der Waals surface area contributed by atoms with Gasteiger partial charge in [-0.05, 0) is 31.4 Å². The normalized spacial score (nSPS) is 14.3. The quantitative estimate of drug-likeness (QED) is 0.766. The molecule has 0 saturated carbocycles. The van der Waals surface area contributed by atoms with Gasteiger partial charge in [0.2, 0.25) is 0 Å². The molecule has 0 saturated heterocycles. The first-order valence-electron chi connectivity index (χ1n) is 7.59. The molecule has 0 amide bonds. The molecule has 0 aliphatic rings. The molecule has 3 heteroatoms. The minimum absolute atomic E-state index is 0.162. The maximum absolute atomic E-state index is 10.2. The van der Waals surface area contributed by atoms with Gasteiger partial charge in [0, 0.05) is 18.2 Å². The van der Waals surface area contributed by atoms with Gasteiger partial charge in [0.05, 0.1) is 13.2 Å². The van der Waals surface area contributed by atoms with E-state index in [1.54, 1.807) is 7.11 Å². The fourth-order valence-electron chi connectivity index (χ4n) is 2.58. The van der Waals surface area contributed by atoms with Crippen LogP contribution in [0.2, 0.25) is 0 Å². The first-order chi connectivity index (χ1) is 9.53. The number of aliphatic hydroxyl groups is 1. The average molecular weight is 279 g/mol. The highest BCUT2D eigenvalue weighted by molar-refractivity contribution is 5.39. The number of rotatable bonds is 8. The number of methoxy groups -OCH3 is 1. The number of hydrogen-bond donors (Lipinski definition) is 2. The minimum Gasteiger partial charge on any atom is -0.496 e. The summed E-state index contributed by atoms with van der Waals surface area (Å²) in [6.45, 7) is 9.03. The van der Waals surface area contributed by atoms with E-state index in [4.69, 9.17) is 4.74 Å². The first-order valence-corrected chi connectivity index (χ1v) is 7.59. The van der Waals surface area contributed by atoms with Crippen LogP contribution in [0.15, 0.2) is 18.2 Å². The Morgan fingerprint density at radius 2 is 1.90 bits per heavy atom. The van der Waals surface area contributed by atoms with Crippen LogP contribution in [-0.4, -0.2) is 24.9 Å². The predicted molar refractivity (Wildman–Crippen MR) is 84.2 cm³/mol. The number of ether oxygens (including phenoxy) is 1. The second-order valence-electron chi connectivity index (χ2n) is 5.52. The third kappa shape index (κ3) is 4.50. The van der Waals surface area contributed by atoms with Crippen LogP contribution in [0.4, 0.5) is 0 Å². The van der Waals surface area contributed by atoms with Gasteiger partial charge in [-0.2, -0.15) is 0 Å². The van der Waals surface area contributed by atoms with Gasteiger partial charge < -0.3 is 15.2 Å². The zero-order chi connectivity index (χ0) is 15.1. The molecule has 1 rings (SSSR count). The van der Waals surface area contributed by atoms with Crippen LogP contribution in [0.25, 0.3) is 0 Å². The summed E-state index contributed by atoms with van der Waals surface area (Å²) in [5, 5.41) is 13.6. The van der Waals surface area contributed by atoms with E-state index in [0.717, 1.165) is 24.2 Å². The average Bonchev–Trinajstić information content (AvgIpc) is 2.45. The number of hydrogen-bond acceptors (Lipinski definition) is 3. The second kappa shape index (κ2) is 8.28. The molecule has 114 valence electrons. The zero-order valence-corrected chi connectivity index (χ0v) is 13.4. The van der Waals surface area contributed by atoms with Crippen molar-refractivity contribution in [3.8, 4) is 5.75 Å². The summed E-state index contributed by atoms with van der Waals surface area (Å²) >= 11 is 0. The maximum Gasteiger partial charge on any atom is 0.123 e. The summed E-state index contributed by atoms with van der Waals surface area (Å²) in [5.74, 6) is 1.27. The topological polar surface area (TPSA) is 41.5 Å². The van der Waals surface area contributed by atoms with Crippen molar-refractivity contribution < 1.29 is 9.84 Å². The van der Waals surface area contributed by atoms with Crippen molar-refractivity contribution in [3.05, 3.63) is 29.3 Å². The molecular formula is C17H29NO2. The molecule has 0 bridgehead atoms. The van der Waals surface area contributed by atoms with Crippen LogP contribution >= 0.6 is 0 Å². The molecule has 20 heavy (non-hydrogen) atoms. The van der Waals surface area contributed by atoms with Crippen LogP contribution in [0.1, 0.15) is 50.8 Å². The van der Waals surface area contributed by atoms with Gasteiger partial charge >= 0.3 is 0 Å². The fourth-order valence-corrected chi connectivity index (χ4v) is 2.58. The second-order valence-corrected chi connectivity index (χ2v) is 5.52. The summed E-state index contributed by atoms with van der Waals surface area (Å²) in [7, 11) is 1.70. The fraction of sp³-hybridized carbons (Fsp3) is 0.647. The molecular weight excluding hydrogens is 250 g/mol. The third-order valence-electron chi connectivity index (χ3n) is 4.08. The Kier molecular flexibility index (Phi) is 7.03. The number of aryl methyl sites for hydroxylation is 1. The highest BCUT2D eigenvalue weighted by Crippen LogP contribution is 2.26. The van der Waals surface area contributed by atoms with Gasteiger partial charge in [0.15, 0.2) is 0 Å². The molecule has 0 spiro atoms. The monoisotopic (exact) mass is 279 g/mol. The zero-order valence-electron chi connectivity index (χ0n) is 13.4. The van der Waals surface area contributed by atoms with Gasteiger partial charge in [0.25, 0.3) is 0 Å². The molecule has 0 heterocycles. The van der Waals surface area contributed by atoms with Gasteiger partial charge in [0.1, 0.15) is 5.75 Å². The van der Waals surface area contributed by atoms with Crippen molar-refractivity contribution in [2.45, 2.75) is 52.7 Å². The van der Waals surface area contributed by atoms with E-state index in [2.05, 4.69) is 45.1 Å². The summed E-state index contributed by atoms with van der Waals surface area (Å²) in [6, 6.07) is 6.39. The van der Waals surface area contributed by atoms with Crippen molar-refractivity contribution in [3.63, 3.8) is 0 Å². The lowest BCUT2D eigenvalue weighted by molar-refractivity contribution is 0.0988. The van der Waals surface area contributed by atoms with E-state index in [0.29, 0.717) is 12.5 Å². The molecule has 0 fully saturated rings. The lowest BCUT2D eigenvalue weighted by Crippen LogP contribution is -2.34. The summed E-state index contributed by atoms with van der Waals surface area (Å²) in [6.07, 6.45) is 1.74. The molecule has 0 aliphatic heterocycles. The summed E-state index contributed by atoms with van der Waals surface area (Å²) in [5.41, 5.74) is 2.32. The van der Waals surface area contributed by atoms with Crippen molar-refractivity contribution >= 4 is 0 Å². The minimum atomic E-state index is -0.288. The van der Waals surface area contributed by atoms with Crippen LogP contribution in [-0.2, 0) is 0 Å². The van der Waals surface area contributed by atoms with Crippen LogP contribution in [0.5, 0.6) is 5.75 Å². The van der Waals surface area contributed by atoms with Crippen molar-refractivity contribution in [2.24, 2.45) is 5.92 Å². The van der Waals surface area contributed by atoms with E-state index in [1.807, 2.05) is 6.07 Å². The van der Waals surface area contributed by atoms with E-state index in [-0.39, 0.29) is 12.1 Å². The molecule has 0 aliphatic carbocycles. The highest BCUT2D eigenvalue weighted by Gasteiger charge is 2.17. The lowest BCUT2D eigenvalue weighted by atomic mass is 9.96. The van der Waals surface area contributed by atoms with Crippen molar-refractivity contribution in [2.75, 3.05) is 13.7 Å². The molecule has 2 atom stereocenters. The SMILES string of the molecule is CCC(CC)C(O)CNC(C)c1ccc(C)cc1OC. The van der Waals surface area contributed by atoms with E-state index in [1.165, 1.54) is 5.56 Å². The predicted octanol–water partition coefficient (Wildman–Crippen LogP) is 3.45. The van der Waals surface area contributed by atoms with Crippen LogP contribution in [0, 0.1) is 12.8 Å². The van der Waals surface area contributed by atoms with Crippen molar-refractivity contribution in [1.29, 1.82) is 0 Å². The standard InChI is InChI=1S/C17H29NO2/c1-6-14(7-2)16(19)11-18-13(4)15-9-8-12(3)10-17(15)20-5/h8-10,13-14,16,18-19H,6-7,11H2,1-5H3. The summed E-state index contributed by atoms with van der Waals surface area (Å²) < 4.78 is 5.44. The van der Waals surface area contributed by atoms with Gasteiger partial charge in [-0.25, -0.2) is 0 Å². The number of benzene rings is 1. The Labute approximate surface area is 123 Å². The van der Waals surface area contributed by atoms with Crippen molar-refractivity contribution in [1.82, 2.24) is 5.32 Å². The van der Waals surface area contributed by atoms with E-state index < -0.39 is 0 Å². The number of aliphatic hydroxyl groups excluding tert-OH is 1. The summed E-state index contributed by atoms with van der Waals surface area (Å²) in [4.78, 5) is 0. The first kappa shape index (κ1) is 17.0. The molecule has 3 nitrogen and oxygen atoms in total. The molecule has 1 aromatic rings. The molecule has 2 unspecified atom stereocenters. The smallest absolute Gasteiger partial charge is 0.123 e.